The Kier molecular flexibility index (Phi) is 3.30. The van der Waals surface area contributed by atoms with Crippen molar-refractivity contribution >= 4 is 17.0 Å². The first-order chi connectivity index (χ1) is 8.76. The number of carbonyl (C=O) groups excluding carboxylic acids is 1. The second-order valence-electron chi connectivity index (χ2n) is 5.71. The fourth-order valence-corrected chi connectivity index (χ4v) is 1.98. The molecule has 0 radical (unpaired) electrons. The molecule has 0 aliphatic heterocycles. The Balaban J connectivity index is 2.29. The lowest BCUT2D eigenvalue weighted by molar-refractivity contribution is -0.155. The molecule has 102 valence electrons. The zero-order valence-corrected chi connectivity index (χ0v) is 12.0. The van der Waals surface area contributed by atoms with Crippen molar-refractivity contribution in [3.05, 3.63) is 23.5 Å². The normalized spacial score (nSPS) is 11.8. The van der Waals surface area contributed by atoms with Crippen molar-refractivity contribution < 1.29 is 9.53 Å². The molecule has 0 saturated heterocycles. The number of aromatic nitrogens is 3. The second-order valence-corrected chi connectivity index (χ2v) is 5.71. The van der Waals surface area contributed by atoms with Crippen molar-refractivity contribution in [1.29, 1.82) is 0 Å². The quantitative estimate of drug-likeness (QED) is 0.779. The van der Waals surface area contributed by atoms with Gasteiger partial charge in [-0.15, -0.1) is 0 Å². The number of fused-ring (bicyclic) bond motifs is 1. The fraction of sp³-hybridized carbons (Fsp3) is 0.500. The number of carbonyl (C=O) groups is 1. The molecule has 5 heteroatoms. The predicted octanol–water partition coefficient (Wildman–Crippen LogP) is 2.39. The Hall–Kier alpha value is -1.91. The van der Waals surface area contributed by atoms with E-state index in [0.717, 1.165) is 22.3 Å². The zero-order valence-electron chi connectivity index (χ0n) is 12.0. The number of hydrogen-bond donors (Lipinski definition) is 0. The van der Waals surface area contributed by atoms with Gasteiger partial charge in [0.05, 0.1) is 6.20 Å². The molecule has 0 spiro atoms. The molecule has 0 unspecified atom stereocenters. The van der Waals surface area contributed by atoms with Gasteiger partial charge in [-0.2, -0.15) is 5.10 Å². The first-order valence-electron chi connectivity index (χ1n) is 6.28. The van der Waals surface area contributed by atoms with Gasteiger partial charge in [-0.25, -0.2) is 9.67 Å². The first-order valence-corrected chi connectivity index (χ1v) is 6.28. The molecule has 2 aromatic heterocycles. The Morgan fingerprint density at radius 2 is 2.05 bits per heavy atom. The van der Waals surface area contributed by atoms with E-state index in [9.17, 15) is 4.79 Å². The highest BCUT2D eigenvalue weighted by Gasteiger charge is 2.18. The van der Waals surface area contributed by atoms with Gasteiger partial charge in [0.15, 0.2) is 5.65 Å². The highest BCUT2D eigenvalue weighted by Crippen LogP contribution is 2.17. The van der Waals surface area contributed by atoms with Crippen molar-refractivity contribution in [2.75, 3.05) is 0 Å². The standard InChI is InChI=1S/C14H19N3O2/c1-9-6-10(2)16-13-11(9)7-15-17(13)8-12(18)19-14(3,4)5/h6-7H,8H2,1-5H3. The summed E-state index contributed by atoms with van der Waals surface area (Å²) in [5.74, 6) is -0.307. The molecule has 5 nitrogen and oxygen atoms in total. The lowest BCUT2D eigenvalue weighted by atomic mass is 10.2. The maximum absolute atomic E-state index is 11.8. The number of ether oxygens (including phenoxy) is 1. The van der Waals surface area contributed by atoms with Crippen LogP contribution in [-0.2, 0) is 16.1 Å². The molecule has 19 heavy (non-hydrogen) atoms. The summed E-state index contributed by atoms with van der Waals surface area (Å²) in [6, 6.07) is 2.00. The number of nitrogens with zero attached hydrogens (tertiary/aromatic N) is 3. The molecule has 0 saturated carbocycles. The molecule has 0 aliphatic carbocycles. The van der Waals surface area contributed by atoms with Gasteiger partial charge in [0.1, 0.15) is 12.1 Å². The smallest absolute Gasteiger partial charge is 0.328 e. The summed E-state index contributed by atoms with van der Waals surface area (Å²) in [7, 11) is 0. The summed E-state index contributed by atoms with van der Waals surface area (Å²) in [5, 5.41) is 5.19. The van der Waals surface area contributed by atoms with Crippen molar-refractivity contribution in [3.8, 4) is 0 Å². The largest absolute Gasteiger partial charge is 0.459 e. The average molecular weight is 261 g/mol. The summed E-state index contributed by atoms with van der Waals surface area (Å²) in [4.78, 5) is 16.3. The number of esters is 1. The number of pyridine rings is 1. The molecule has 0 bridgehead atoms. The zero-order chi connectivity index (χ0) is 14.2. The van der Waals surface area contributed by atoms with Crippen molar-refractivity contribution in [1.82, 2.24) is 14.8 Å². The van der Waals surface area contributed by atoms with Crippen LogP contribution in [0.4, 0.5) is 0 Å². The predicted molar refractivity (Wildman–Crippen MR) is 72.8 cm³/mol. The minimum atomic E-state index is -0.487. The summed E-state index contributed by atoms with van der Waals surface area (Å²) < 4.78 is 6.88. The van der Waals surface area contributed by atoms with Crippen LogP contribution in [0.5, 0.6) is 0 Å². The van der Waals surface area contributed by atoms with Gasteiger partial charge in [-0.05, 0) is 46.2 Å². The number of hydrogen-bond acceptors (Lipinski definition) is 4. The third kappa shape index (κ3) is 3.10. The van der Waals surface area contributed by atoms with E-state index < -0.39 is 5.60 Å². The molecule has 0 fully saturated rings. The van der Waals surface area contributed by atoms with Crippen LogP contribution in [0.15, 0.2) is 12.3 Å². The summed E-state index contributed by atoms with van der Waals surface area (Å²) >= 11 is 0. The number of rotatable bonds is 2. The van der Waals surface area contributed by atoms with E-state index in [1.165, 1.54) is 0 Å². The van der Waals surface area contributed by atoms with Gasteiger partial charge in [0, 0.05) is 11.1 Å². The van der Waals surface area contributed by atoms with E-state index in [2.05, 4.69) is 10.1 Å². The summed E-state index contributed by atoms with van der Waals surface area (Å²) in [6.45, 7) is 9.56. The Labute approximate surface area is 112 Å². The lowest BCUT2D eigenvalue weighted by Crippen LogP contribution is -2.26. The van der Waals surface area contributed by atoms with Gasteiger partial charge in [-0.1, -0.05) is 0 Å². The van der Waals surface area contributed by atoms with Gasteiger partial charge in [-0.3, -0.25) is 4.79 Å². The molecule has 0 amide bonds. The van der Waals surface area contributed by atoms with Crippen LogP contribution in [-0.4, -0.2) is 26.3 Å². The van der Waals surface area contributed by atoms with Crippen molar-refractivity contribution in [2.45, 2.75) is 46.8 Å². The highest BCUT2D eigenvalue weighted by atomic mass is 16.6. The monoisotopic (exact) mass is 261 g/mol. The summed E-state index contributed by atoms with van der Waals surface area (Å²) in [6.07, 6.45) is 1.74. The Bertz CT molecular complexity index is 623. The Morgan fingerprint density at radius 3 is 2.68 bits per heavy atom. The van der Waals surface area contributed by atoms with Gasteiger partial charge >= 0.3 is 5.97 Å². The van der Waals surface area contributed by atoms with E-state index in [4.69, 9.17) is 4.74 Å². The van der Waals surface area contributed by atoms with Gasteiger partial charge < -0.3 is 4.74 Å². The van der Waals surface area contributed by atoms with Crippen LogP contribution in [0.3, 0.4) is 0 Å². The van der Waals surface area contributed by atoms with Crippen molar-refractivity contribution in [3.63, 3.8) is 0 Å². The van der Waals surface area contributed by atoms with E-state index in [1.54, 1.807) is 10.9 Å². The van der Waals surface area contributed by atoms with Crippen LogP contribution in [0, 0.1) is 13.8 Å². The first kappa shape index (κ1) is 13.5. The average Bonchev–Trinajstić information content (AvgIpc) is 2.58. The molecule has 2 aromatic rings. The van der Waals surface area contributed by atoms with Crippen LogP contribution in [0.1, 0.15) is 32.0 Å². The molecule has 2 heterocycles. The maximum atomic E-state index is 11.8. The van der Waals surface area contributed by atoms with E-state index in [1.807, 2.05) is 40.7 Å². The molecular weight excluding hydrogens is 242 g/mol. The van der Waals surface area contributed by atoms with Gasteiger partial charge in [0.2, 0.25) is 0 Å². The van der Waals surface area contributed by atoms with Crippen LogP contribution in [0.25, 0.3) is 11.0 Å². The van der Waals surface area contributed by atoms with Crippen molar-refractivity contribution in [2.24, 2.45) is 0 Å². The molecule has 0 atom stereocenters. The van der Waals surface area contributed by atoms with E-state index in [-0.39, 0.29) is 12.5 Å². The molecule has 0 aromatic carbocycles. The topological polar surface area (TPSA) is 57.0 Å². The maximum Gasteiger partial charge on any atom is 0.328 e. The molecule has 2 rings (SSSR count). The summed E-state index contributed by atoms with van der Waals surface area (Å²) in [5.41, 5.74) is 2.26. The van der Waals surface area contributed by atoms with E-state index >= 15 is 0 Å². The SMILES string of the molecule is Cc1cc(C)c2cnn(CC(=O)OC(C)(C)C)c2n1. The van der Waals surface area contributed by atoms with Gasteiger partial charge in [0.25, 0.3) is 0 Å². The van der Waals surface area contributed by atoms with Crippen LogP contribution in [0.2, 0.25) is 0 Å². The van der Waals surface area contributed by atoms with E-state index in [0.29, 0.717) is 0 Å². The molecule has 0 N–H and O–H groups in total. The molecular formula is C14H19N3O2. The number of aryl methyl sites for hydroxylation is 2. The van der Waals surface area contributed by atoms with Crippen LogP contribution >= 0.6 is 0 Å². The third-order valence-electron chi connectivity index (χ3n) is 2.64. The minimum absolute atomic E-state index is 0.0800. The second kappa shape index (κ2) is 4.64. The Morgan fingerprint density at radius 1 is 1.37 bits per heavy atom. The third-order valence-corrected chi connectivity index (χ3v) is 2.64. The van der Waals surface area contributed by atoms with Crippen LogP contribution < -0.4 is 0 Å². The lowest BCUT2D eigenvalue weighted by Gasteiger charge is -2.19. The fourth-order valence-electron chi connectivity index (χ4n) is 1.98. The molecule has 0 aliphatic rings. The minimum Gasteiger partial charge on any atom is -0.459 e. The highest BCUT2D eigenvalue weighted by molar-refractivity contribution is 5.80.